The molecule has 0 saturated heterocycles. The van der Waals surface area contributed by atoms with Crippen molar-refractivity contribution in [3.05, 3.63) is 48.0 Å². The van der Waals surface area contributed by atoms with Gasteiger partial charge in [0.25, 0.3) is 0 Å². The van der Waals surface area contributed by atoms with Crippen LogP contribution in [0.15, 0.2) is 36.9 Å². The summed E-state index contributed by atoms with van der Waals surface area (Å²) in [7, 11) is 0. The Morgan fingerprint density at radius 1 is 1.38 bits per heavy atom. The lowest BCUT2D eigenvalue weighted by molar-refractivity contribution is -0.147. The highest BCUT2D eigenvalue weighted by Crippen LogP contribution is 2.42. The number of carbonyl (C=O) groups excluding carboxylic acids is 3. The predicted molar refractivity (Wildman–Crippen MR) is 94.4 cm³/mol. The number of benzene rings is 2. The van der Waals surface area contributed by atoms with Crippen molar-refractivity contribution in [2.45, 2.75) is 13.3 Å². The minimum Gasteiger partial charge on any atom is -0.507 e. The molecule has 0 fully saturated rings. The number of esters is 1. The molecule has 2 unspecified atom stereocenters. The van der Waals surface area contributed by atoms with E-state index in [2.05, 4.69) is 6.58 Å². The summed E-state index contributed by atoms with van der Waals surface area (Å²) in [6.45, 7) is 5.39. The molecule has 0 spiro atoms. The van der Waals surface area contributed by atoms with Gasteiger partial charge in [-0.2, -0.15) is 0 Å². The fraction of sp³-hybridized carbons (Fsp3) is 0.250. The molecule has 2 aromatic rings. The normalized spacial score (nSPS) is 17.7. The van der Waals surface area contributed by atoms with Gasteiger partial charge in [-0.3, -0.25) is 14.4 Å². The molecule has 2 aromatic carbocycles. The lowest BCUT2D eigenvalue weighted by Crippen LogP contribution is -2.36. The molecule has 0 amide bonds. The monoisotopic (exact) mass is 354 g/mol. The van der Waals surface area contributed by atoms with Crippen molar-refractivity contribution in [2.75, 3.05) is 6.61 Å². The number of hydrogen-bond acceptors (Lipinski definition) is 6. The van der Waals surface area contributed by atoms with Gasteiger partial charge in [0.05, 0.1) is 23.5 Å². The van der Waals surface area contributed by atoms with Crippen LogP contribution in [0.4, 0.5) is 0 Å². The number of phenolic OH excluding ortho intramolecular Hbond substituents is 2. The first-order chi connectivity index (χ1) is 12.4. The Morgan fingerprint density at radius 3 is 2.77 bits per heavy atom. The van der Waals surface area contributed by atoms with Gasteiger partial charge < -0.3 is 14.9 Å². The maximum absolute atomic E-state index is 13.0. The van der Waals surface area contributed by atoms with Gasteiger partial charge in [0.15, 0.2) is 11.6 Å². The van der Waals surface area contributed by atoms with Gasteiger partial charge in [-0.05, 0) is 24.4 Å². The predicted octanol–water partition coefficient (Wildman–Crippen LogP) is 3.00. The molecule has 0 bridgehead atoms. The number of ketones is 2. The molecule has 0 saturated carbocycles. The molecule has 3 rings (SSSR count). The highest BCUT2D eigenvalue weighted by atomic mass is 16.5. The van der Waals surface area contributed by atoms with Gasteiger partial charge in [0.1, 0.15) is 11.5 Å². The summed E-state index contributed by atoms with van der Waals surface area (Å²) >= 11 is 0. The van der Waals surface area contributed by atoms with E-state index in [4.69, 9.17) is 4.74 Å². The Bertz CT molecular complexity index is 943. The third kappa shape index (κ3) is 2.63. The van der Waals surface area contributed by atoms with Crippen LogP contribution in [0.5, 0.6) is 11.5 Å². The van der Waals surface area contributed by atoms with Crippen molar-refractivity contribution in [3.8, 4) is 11.5 Å². The first kappa shape index (κ1) is 17.7. The minimum absolute atomic E-state index is 0.0398. The van der Waals surface area contributed by atoms with Crippen LogP contribution >= 0.6 is 0 Å². The van der Waals surface area contributed by atoms with Crippen molar-refractivity contribution >= 4 is 28.3 Å². The third-order valence-corrected chi connectivity index (χ3v) is 4.65. The van der Waals surface area contributed by atoms with Gasteiger partial charge in [0, 0.05) is 17.9 Å². The molecule has 1 aliphatic carbocycles. The van der Waals surface area contributed by atoms with Gasteiger partial charge in [-0.25, -0.2) is 0 Å². The maximum atomic E-state index is 13.0. The number of hydrogen-bond donors (Lipinski definition) is 2. The minimum atomic E-state index is -0.943. The smallest absolute Gasteiger partial charge is 0.313 e. The quantitative estimate of drug-likeness (QED) is 0.646. The van der Waals surface area contributed by atoms with Crippen molar-refractivity contribution < 1.29 is 29.3 Å². The van der Waals surface area contributed by atoms with Gasteiger partial charge in [0.2, 0.25) is 0 Å². The van der Waals surface area contributed by atoms with Crippen LogP contribution in [0.2, 0.25) is 0 Å². The third-order valence-electron chi connectivity index (χ3n) is 4.65. The highest BCUT2D eigenvalue weighted by Gasteiger charge is 2.41. The average Bonchev–Trinajstić information content (AvgIpc) is 2.59. The molecule has 26 heavy (non-hydrogen) atoms. The molecular weight excluding hydrogens is 336 g/mol. The van der Waals surface area contributed by atoms with Crippen LogP contribution in [0.3, 0.4) is 0 Å². The van der Waals surface area contributed by atoms with Crippen molar-refractivity contribution in [1.29, 1.82) is 0 Å². The Balaban J connectivity index is 2.16. The van der Waals surface area contributed by atoms with Crippen LogP contribution < -0.4 is 0 Å². The van der Waals surface area contributed by atoms with Crippen LogP contribution in [0, 0.1) is 11.8 Å². The van der Waals surface area contributed by atoms with E-state index < -0.39 is 35.1 Å². The second kappa shape index (κ2) is 6.63. The molecule has 0 radical (unpaired) electrons. The maximum Gasteiger partial charge on any atom is 0.313 e. The van der Waals surface area contributed by atoms with E-state index in [0.717, 1.165) is 0 Å². The summed E-state index contributed by atoms with van der Waals surface area (Å²) in [5.41, 5.74) is -0.0788. The summed E-state index contributed by atoms with van der Waals surface area (Å²) in [5.74, 6) is -3.98. The number of rotatable bonds is 4. The molecule has 1 aliphatic rings. The number of fused-ring (bicyclic) bond motifs is 2. The van der Waals surface area contributed by atoms with Crippen molar-refractivity contribution in [3.63, 3.8) is 0 Å². The second-order valence-electron chi connectivity index (χ2n) is 6.13. The number of aromatic hydroxyl groups is 2. The number of ether oxygens (including phenoxy) is 1. The van der Waals surface area contributed by atoms with Crippen molar-refractivity contribution in [2.24, 2.45) is 11.8 Å². The lowest BCUT2D eigenvalue weighted by Gasteiger charge is -2.27. The molecule has 2 atom stereocenters. The zero-order chi connectivity index (χ0) is 19.0. The van der Waals surface area contributed by atoms with Crippen LogP contribution in [0.1, 0.15) is 34.1 Å². The number of Topliss-reactive ketones (excluding diaryl/α,β-unsaturated/α-hetero) is 2. The highest BCUT2D eigenvalue weighted by molar-refractivity contribution is 6.20. The van der Waals surface area contributed by atoms with Crippen LogP contribution in [0.25, 0.3) is 10.8 Å². The molecule has 0 aliphatic heterocycles. The largest absolute Gasteiger partial charge is 0.507 e. The van der Waals surface area contributed by atoms with E-state index in [9.17, 15) is 24.6 Å². The molecule has 0 aromatic heterocycles. The van der Waals surface area contributed by atoms with E-state index in [1.807, 2.05) is 0 Å². The van der Waals surface area contributed by atoms with E-state index in [1.165, 1.54) is 18.2 Å². The number of carbonyl (C=O) groups is 3. The average molecular weight is 354 g/mol. The topological polar surface area (TPSA) is 101 Å². The fourth-order valence-corrected chi connectivity index (χ4v) is 3.44. The standard InChI is InChI=1S/C20H18O6/c1-3-11(20(25)26-4-2)12-9-15(22)17-13(18(12)23)8-10-6-5-7-14(21)16(10)19(17)24/h3,5-8,11-12,21,24H,1,4,9H2,2H3. The molecule has 0 heterocycles. The summed E-state index contributed by atoms with van der Waals surface area (Å²) in [5, 5.41) is 21.0. The number of phenols is 2. The molecule has 2 N–H and O–H groups in total. The summed E-state index contributed by atoms with van der Waals surface area (Å²) < 4.78 is 4.97. The zero-order valence-corrected chi connectivity index (χ0v) is 14.2. The van der Waals surface area contributed by atoms with Crippen LogP contribution in [-0.2, 0) is 9.53 Å². The zero-order valence-electron chi connectivity index (χ0n) is 14.2. The SMILES string of the molecule is C=CC(C(=O)OCC)C1CC(=O)c2c(cc3cccc(O)c3c2O)C1=O. The molecular formula is C20H18O6. The van der Waals surface area contributed by atoms with E-state index >= 15 is 0 Å². The Hall–Kier alpha value is -3.15. The van der Waals surface area contributed by atoms with Gasteiger partial charge in [-0.15, -0.1) is 6.58 Å². The first-order valence-electron chi connectivity index (χ1n) is 8.24. The van der Waals surface area contributed by atoms with E-state index in [0.29, 0.717) is 5.39 Å². The molecule has 134 valence electrons. The van der Waals surface area contributed by atoms with Crippen molar-refractivity contribution in [1.82, 2.24) is 0 Å². The Morgan fingerprint density at radius 2 is 2.12 bits per heavy atom. The summed E-state index contributed by atoms with van der Waals surface area (Å²) in [6, 6.07) is 6.04. The Labute approximate surface area is 149 Å². The molecule has 6 heteroatoms. The second-order valence-corrected chi connectivity index (χ2v) is 6.13. The van der Waals surface area contributed by atoms with E-state index in [-0.39, 0.29) is 35.3 Å². The first-order valence-corrected chi connectivity index (χ1v) is 8.24. The molecule has 6 nitrogen and oxygen atoms in total. The van der Waals surface area contributed by atoms with Crippen LogP contribution in [-0.4, -0.2) is 34.4 Å². The van der Waals surface area contributed by atoms with E-state index in [1.54, 1.807) is 19.1 Å². The lowest BCUT2D eigenvalue weighted by atomic mass is 9.74. The summed E-state index contributed by atoms with van der Waals surface area (Å²) in [6.07, 6.45) is 1.07. The van der Waals surface area contributed by atoms with Gasteiger partial charge >= 0.3 is 5.97 Å². The van der Waals surface area contributed by atoms with Gasteiger partial charge in [-0.1, -0.05) is 18.2 Å². The summed E-state index contributed by atoms with van der Waals surface area (Å²) in [4.78, 5) is 37.7. The fourth-order valence-electron chi connectivity index (χ4n) is 3.44. The Kier molecular flexibility index (Phi) is 4.50.